The summed E-state index contributed by atoms with van der Waals surface area (Å²) < 4.78 is 10.5. The predicted octanol–water partition coefficient (Wildman–Crippen LogP) is 1.99. The molecule has 0 saturated heterocycles. The van der Waals surface area contributed by atoms with Crippen molar-refractivity contribution in [2.75, 3.05) is 14.2 Å². The van der Waals surface area contributed by atoms with E-state index in [9.17, 15) is 14.4 Å². The zero-order valence-corrected chi connectivity index (χ0v) is 21.3. The second kappa shape index (κ2) is 10.1. The molecule has 0 unspecified atom stereocenters. The lowest BCUT2D eigenvalue weighted by atomic mass is 9.90. The van der Waals surface area contributed by atoms with Gasteiger partial charge in [0.25, 0.3) is 11.1 Å². The Morgan fingerprint density at radius 2 is 1.49 bits per heavy atom. The van der Waals surface area contributed by atoms with Crippen LogP contribution in [0.2, 0.25) is 0 Å². The van der Waals surface area contributed by atoms with Crippen LogP contribution in [0.1, 0.15) is 53.6 Å². The molecular formula is C28H28N4O5. The van der Waals surface area contributed by atoms with Gasteiger partial charge < -0.3 is 24.4 Å². The second-order valence-electron chi connectivity index (χ2n) is 9.49. The zero-order chi connectivity index (χ0) is 26.7. The highest BCUT2D eigenvalue weighted by molar-refractivity contribution is 6.09. The van der Waals surface area contributed by atoms with E-state index in [-0.39, 0.29) is 21.9 Å². The summed E-state index contributed by atoms with van der Waals surface area (Å²) in [6, 6.07) is 11.7. The Morgan fingerprint density at radius 3 is 2.08 bits per heavy atom. The first-order valence-corrected chi connectivity index (χ1v) is 11.6. The molecule has 0 atom stereocenters. The molecule has 9 heteroatoms. The molecule has 37 heavy (non-hydrogen) atoms. The van der Waals surface area contributed by atoms with Crippen molar-refractivity contribution >= 4 is 17.9 Å². The van der Waals surface area contributed by atoms with Crippen LogP contribution in [0.5, 0.6) is 11.5 Å². The van der Waals surface area contributed by atoms with Crippen LogP contribution in [0.25, 0.3) is 12.2 Å². The van der Waals surface area contributed by atoms with Crippen molar-refractivity contribution in [1.29, 1.82) is 0 Å². The van der Waals surface area contributed by atoms with E-state index >= 15 is 0 Å². The molecule has 190 valence electrons. The van der Waals surface area contributed by atoms with Crippen LogP contribution >= 0.6 is 0 Å². The normalized spacial score (nSPS) is 12.6. The smallest absolute Gasteiger partial charge is 0.272 e. The van der Waals surface area contributed by atoms with Gasteiger partial charge in [-0.3, -0.25) is 14.4 Å². The molecule has 9 nitrogen and oxygen atoms in total. The molecule has 0 amide bonds. The Hall–Kier alpha value is -4.66. The minimum atomic E-state index is -0.479. The first kappa shape index (κ1) is 25.4. The lowest BCUT2D eigenvalue weighted by Gasteiger charge is -2.16. The number of ketones is 1. The lowest BCUT2D eigenvalue weighted by molar-refractivity contribution is 0.103. The molecule has 0 radical (unpaired) electrons. The minimum absolute atomic E-state index is 0.0628. The molecule has 4 aromatic rings. The summed E-state index contributed by atoms with van der Waals surface area (Å²) in [6.45, 7) is 6.06. The van der Waals surface area contributed by atoms with E-state index < -0.39 is 11.1 Å². The van der Waals surface area contributed by atoms with Crippen LogP contribution in [0, 0.1) is 0 Å². The van der Waals surface area contributed by atoms with E-state index in [0.29, 0.717) is 33.9 Å². The van der Waals surface area contributed by atoms with Gasteiger partial charge in [0.1, 0.15) is 22.2 Å². The fourth-order valence-electron chi connectivity index (χ4n) is 3.89. The molecule has 2 heterocycles. The third-order valence-electron chi connectivity index (χ3n) is 5.76. The van der Waals surface area contributed by atoms with Gasteiger partial charge in [-0.1, -0.05) is 39.0 Å². The number of carbonyl (C=O) groups excluding carboxylic acids is 1. The predicted molar refractivity (Wildman–Crippen MR) is 141 cm³/mol. The van der Waals surface area contributed by atoms with Gasteiger partial charge in [-0.2, -0.15) is 0 Å². The van der Waals surface area contributed by atoms with Gasteiger partial charge in [-0.25, -0.2) is 4.98 Å². The van der Waals surface area contributed by atoms with Crippen molar-refractivity contribution in [2.45, 2.75) is 26.2 Å². The molecule has 0 aliphatic rings. The summed E-state index contributed by atoms with van der Waals surface area (Å²) in [6.07, 6.45) is 4.61. The largest absolute Gasteiger partial charge is 0.497 e. The molecule has 2 aromatic carbocycles. The quantitative estimate of drug-likeness (QED) is 0.347. The van der Waals surface area contributed by atoms with Gasteiger partial charge in [0.2, 0.25) is 0 Å². The van der Waals surface area contributed by atoms with E-state index in [2.05, 4.69) is 19.9 Å². The maximum atomic E-state index is 13.1. The summed E-state index contributed by atoms with van der Waals surface area (Å²) >= 11 is 0. The third-order valence-corrected chi connectivity index (χ3v) is 5.76. The highest BCUT2D eigenvalue weighted by atomic mass is 16.5. The van der Waals surface area contributed by atoms with E-state index in [4.69, 9.17) is 9.47 Å². The molecule has 0 bridgehead atoms. The Bertz CT molecular complexity index is 1680. The maximum absolute atomic E-state index is 13.1. The van der Waals surface area contributed by atoms with Crippen LogP contribution in [0.4, 0.5) is 0 Å². The molecule has 0 fully saturated rings. The monoisotopic (exact) mass is 500 g/mol. The van der Waals surface area contributed by atoms with E-state index in [1.165, 1.54) is 20.3 Å². The average Bonchev–Trinajstić information content (AvgIpc) is 3.35. The number of methoxy groups -OCH3 is 2. The molecule has 3 N–H and O–H groups in total. The van der Waals surface area contributed by atoms with Crippen molar-refractivity contribution in [2.24, 2.45) is 0 Å². The standard InChI is InChI=1S/C28H28N4O5/c1-28(2,3)25-21(29-15-30-25)14-23-27(35)31-22(26(34)32-23)10-16-7-6-8-17(9-16)24(33)18-11-19(36-4)13-20(12-18)37-5/h6-15H,1-5H3,(H,29,30)(H,31,35)(H,32,34)/b22-10-,23-14-. The summed E-state index contributed by atoms with van der Waals surface area (Å²) in [4.78, 5) is 51.3. The van der Waals surface area contributed by atoms with Crippen molar-refractivity contribution in [3.8, 4) is 11.5 Å². The first-order chi connectivity index (χ1) is 17.6. The number of ether oxygens (including phenoxy) is 2. The molecule has 4 rings (SSSR count). The summed E-state index contributed by atoms with van der Waals surface area (Å²) in [7, 11) is 3.02. The van der Waals surface area contributed by atoms with Gasteiger partial charge in [-0.15, -0.1) is 0 Å². The number of hydrogen-bond acceptors (Lipinski definition) is 6. The van der Waals surface area contributed by atoms with Crippen molar-refractivity contribution in [3.05, 3.63) is 108 Å². The molecular weight excluding hydrogens is 472 g/mol. The second-order valence-corrected chi connectivity index (χ2v) is 9.49. The molecule has 0 aliphatic heterocycles. The van der Waals surface area contributed by atoms with E-state index in [1.54, 1.807) is 54.9 Å². The van der Waals surface area contributed by atoms with E-state index in [1.807, 2.05) is 20.8 Å². The fraction of sp³-hybridized carbons (Fsp3) is 0.214. The molecule has 0 saturated carbocycles. The minimum Gasteiger partial charge on any atom is -0.497 e. The molecule has 0 spiro atoms. The van der Waals surface area contributed by atoms with Crippen LogP contribution in [0.3, 0.4) is 0 Å². The molecule has 0 aliphatic carbocycles. The summed E-state index contributed by atoms with van der Waals surface area (Å²) in [5.41, 5.74) is 1.62. The first-order valence-electron chi connectivity index (χ1n) is 11.6. The van der Waals surface area contributed by atoms with Gasteiger partial charge in [-0.05, 0) is 35.9 Å². The number of aromatic amines is 3. The van der Waals surface area contributed by atoms with Crippen molar-refractivity contribution < 1.29 is 14.3 Å². The van der Waals surface area contributed by atoms with E-state index in [0.717, 1.165) is 5.69 Å². The Morgan fingerprint density at radius 1 is 0.865 bits per heavy atom. The number of aromatic nitrogens is 4. The number of carbonyl (C=O) groups is 1. The number of nitrogens with zero attached hydrogens (tertiary/aromatic N) is 1. The van der Waals surface area contributed by atoms with Crippen LogP contribution < -0.4 is 31.3 Å². The number of nitrogens with one attached hydrogen (secondary N) is 3. The third kappa shape index (κ3) is 5.61. The lowest BCUT2D eigenvalue weighted by Crippen LogP contribution is -2.46. The summed E-state index contributed by atoms with van der Waals surface area (Å²) in [5.74, 6) is 0.750. The Labute approximate surface area is 212 Å². The highest BCUT2D eigenvalue weighted by Gasteiger charge is 2.19. The van der Waals surface area contributed by atoms with Crippen LogP contribution in [0.15, 0.2) is 58.4 Å². The molecule has 2 aromatic heterocycles. The van der Waals surface area contributed by atoms with Gasteiger partial charge >= 0.3 is 0 Å². The highest BCUT2D eigenvalue weighted by Crippen LogP contribution is 2.25. The summed E-state index contributed by atoms with van der Waals surface area (Å²) in [5, 5.41) is 0.156. The number of benzene rings is 2. The maximum Gasteiger partial charge on any atom is 0.272 e. The SMILES string of the molecule is COc1cc(OC)cc(C(=O)c2cccc(/C=c3\[nH]c(=O)/c(=C/c4nc[nH]c4C(C)(C)C)[nH]c3=O)c2)c1. The van der Waals surface area contributed by atoms with Crippen molar-refractivity contribution in [1.82, 2.24) is 19.9 Å². The van der Waals surface area contributed by atoms with Gasteiger partial charge in [0.05, 0.1) is 26.2 Å². The number of H-pyrrole nitrogens is 3. The number of hydrogen-bond donors (Lipinski definition) is 3. The topological polar surface area (TPSA) is 130 Å². The number of rotatable bonds is 6. The zero-order valence-electron chi connectivity index (χ0n) is 21.3. The Kier molecular flexibility index (Phi) is 6.97. The van der Waals surface area contributed by atoms with Crippen molar-refractivity contribution in [3.63, 3.8) is 0 Å². The fourth-order valence-corrected chi connectivity index (χ4v) is 3.89. The Balaban J connectivity index is 1.72. The number of imidazole rings is 1. The average molecular weight is 501 g/mol. The van der Waals surface area contributed by atoms with Gasteiger partial charge in [0, 0.05) is 28.3 Å². The van der Waals surface area contributed by atoms with Crippen LogP contribution in [-0.4, -0.2) is 39.9 Å². The van der Waals surface area contributed by atoms with Gasteiger partial charge in [0.15, 0.2) is 5.78 Å². The van der Waals surface area contributed by atoms with Crippen LogP contribution in [-0.2, 0) is 5.41 Å².